The molecule has 0 amide bonds. The fraction of sp³-hybridized carbons (Fsp3) is 1.00. The van der Waals surface area contributed by atoms with Crippen molar-refractivity contribution >= 4 is 8.24 Å². The van der Waals surface area contributed by atoms with E-state index in [9.17, 15) is 0 Å². The summed E-state index contributed by atoms with van der Waals surface area (Å²) in [5, 5.41) is 0. The Morgan fingerprint density at radius 2 is 2.25 bits per heavy atom. The minimum atomic E-state index is -1.06. The van der Waals surface area contributed by atoms with Gasteiger partial charge in [-0.25, -0.2) is 0 Å². The van der Waals surface area contributed by atoms with Gasteiger partial charge in [0.25, 0.3) is 0 Å². The second kappa shape index (κ2) is 2.17. The maximum absolute atomic E-state index is 5.28. The Hall–Kier alpha value is 0.137. The number of ether oxygens (including phenoxy) is 1. The molecule has 1 saturated heterocycles. The molecule has 8 heavy (non-hydrogen) atoms. The lowest BCUT2D eigenvalue weighted by Gasteiger charge is -2.28. The molecule has 48 valence electrons. The van der Waals surface area contributed by atoms with Gasteiger partial charge in [0.1, 0.15) is 8.24 Å². The van der Waals surface area contributed by atoms with Gasteiger partial charge in [-0.3, -0.25) is 0 Å². The minimum absolute atomic E-state index is 0.899. The van der Waals surface area contributed by atoms with Gasteiger partial charge in [0.05, 0.1) is 12.8 Å². The van der Waals surface area contributed by atoms with Crippen LogP contribution in [0.2, 0.25) is 13.1 Å². The van der Waals surface area contributed by atoms with Crippen molar-refractivity contribution < 1.29 is 4.74 Å². The van der Waals surface area contributed by atoms with Gasteiger partial charge in [-0.1, -0.05) is 13.1 Å². The van der Waals surface area contributed by atoms with E-state index in [2.05, 4.69) is 18.1 Å². The lowest BCUT2D eigenvalue weighted by molar-refractivity contribution is 0.161. The fourth-order valence-electron chi connectivity index (χ4n) is 0.840. The Labute approximate surface area is 51.3 Å². The van der Waals surface area contributed by atoms with E-state index < -0.39 is 8.24 Å². The van der Waals surface area contributed by atoms with Crippen molar-refractivity contribution in [3.8, 4) is 0 Å². The van der Waals surface area contributed by atoms with Gasteiger partial charge < -0.3 is 9.72 Å². The van der Waals surface area contributed by atoms with E-state index in [-0.39, 0.29) is 0 Å². The molecule has 1 fully saturated rings. The summed E-state index contributed by atoms with van der Waals surface area (Å²) in [7, 11) is -1.06. The van der Waals surface area contributed by atoms with Gasteiger partial charge in [0, 0.05) is 6.54 Å². The Morgan fingerprint density at radius 1 is 1.50 bits per heavy atom. The van der Waals surface area contributed by atoms with Gasteiger partial charge in [0.2, 0.25) is 0 Å². The molecule has 0 atom stereocenters. The van der Waals surface area contributed by atoms with E-state index in [1.54, 1.807) is 0 Å². The SMILES string of the molecule is C[Si]1(C)COCCN1. The monoisotopic (exact) mass is 131 g/mol. The number of nitrogens with one attached hydrogen (secondary N) is 1. The smallest absolute Gasteiger partial charge is 0.146 e. The van der Waals surface area contributed by atoms with Crippen LogP contribution in [0, 0.1) is 0 Å². The Balaban J connectivity index is 2.33. The first-order valence-corrected chi connectivity index (χ1v) is 6.24. The highest BCUT2D eigenvalue weighted by Crippen LogP contribution is 2.00. The molecule has 0 bridgehead atoms. The van der Waals surface area contributed by atoms with Crippen LogP contribution in [0.1, 0.15) is 0 Å². The van der Waals surface area contributed by atoms with Crippen molar-refractivity contribution in [3.05, 3.63) is 0 Å². The van der Waals surface area contributed by atoms with Gasteiger partial charge in [0.15, 0.2) is 0 Å². The summed E-state index contributed by atoms with van der Waals surface area (Å²) in [5.41, 5.74) is 0. The predicted octanol–water partition coefficient (Wildman–Crippen LogP) is 0.350. The molecule has 1 rings (SSSR count). The largest absolute Gasteiger partial charge is 0.382 e. The lowest BCUT2D eigenvalue weighted by atomic mass is 10.7. The number of hydrogen-bond acceptors (Lipinski definition) is 2. The molecular formula is C5H13NOSi. The van der Waals surface area contributed by atoms with E-state index >= 15 is 0 Å². The van der Waals surface area contributed by atoms with Crippen molar-refractivity contribution in [2.24, 2.45) is 0 Å². The average molecular weight is 131 g/mol. The molecule has 1 aliphatic heterocycles. The van der Waals surface area contributed by atoms with Crippen molar-refractivity contribution in [2.45, 2.75) is 13.1 Å². The third-order valence-corrected chi connectivity index (χ3v) is 3.45. The summed E-state index contributed by atoms with van der Waals surface area (Å²) in [6.45, 7) is 6.52. The minimum Gasteiger partial charge on any atom is -0.382 e. The molecular weight excluding hydrogens is 118 g/mol. The van der Waals surface area contributed by atoms with E-state index in [0.29, 0.717) is 0 Å². The molecule has 0 aromatic heterocycles. The van der Waals surface area contributed by atoms with Crippen LogP contribution < -0.4 is 4.98 Å². The average Bonchev–Trinajstić information content (AvgIpc) is 1.65. The molecule has 1 heterocycles. The van der Waals surface area contributed by atoms with Crippen LogP contribution in [0.15, 0.2) is 0 Å². The Morgan fingerprint density at radius 3 is 2.50 bits per heavy atom. The second-order valence-electron chi connectivity index (χ2n) is 2.86. The van der Waals surface area contributed by atoms with Gasteiger partial charge in [-0.15, -0.1) is 0 Å². The normalized spacial score (nSPS) is 27.8. The summed E-state index contributed by atoms with van der Waals surface area (Å²) >= 11 is 0. The zero-order valence-electron chi connectivity index (χ0n) is 5.53. The number of hydrogen-bond donors (Lipinski definition) is 1. The van der Waals surface area contributed by atoms with Gasteiger partial charge in [-0.2, -0.15) is 0 Å². The third-order valence-electron chi connectivity index (χ3n) is 1.31. The molecule has 2 nitrogen and oxygen atoms in total. The molecule has 0 aliphatic carbocycles. The molecule has 1 aliphatic rings. The summed E-state index contributed by atoms with van der Waals surface area (Å²) in [6, 6.07) is 0. The fourth-order valence-corrected chi connectivity index (χ4v) is 2.38. The maximum atomic E-state index is 5.28. The summed E-state index contributed by atoms with van der Waals surface area (Å²) in [4.78, 5) is 3.47. The van der Waals surface area contributed by atoms with Crippen LogP contribution in [0.25, 0.3) is 0 Å². The lowest BCUT2D eigenvalue weighted by Crippen LogP contribution is -2.54. The van der Waals surface area contributed by atoms with Crippen LogP contribution in [0.3, 0.4) is 0 Å². The first kappa shape index (κ1) is 6.26. The molecule has 0 spiro atoms. The van der Waals surface area contributed by atoms with Gasteiger partial charge in [-0.05, 0) is 0 Å². The van der Waals surface area contributed by atoms with Crippen LogP contribution in [-0.4, -0.2) is 27.6 Å². The maximum Gasteiger partial charge on any atom is 0.146 e. The highest BCUT2D eigenvalue weighted by Gasteiger charge is 2.23. The van der Waals surface area contributed by atoms with Gasteiger partial charge >= 0.3 is 0 Å². The zero-order valence-corrected chi connectivity index (χ0v) is 6.53. The van der Waals surface area contributed by atoms with E-state index in [1.807, 2.05) is 0 Å². The summed E-state index contributed by atoms with van der Waals surface area (Å²) < 4.78 is 5.28. The van der Waals surface area contributed by atoms with Crippen LogP contribution in [0.4, 0.5) is 0 Å². The van der Waals surface area contributed by atoms with E-state index in [0.717, 1.165) is 19.4 Å². The highest BCUT2D eigenvalue weighted by atomic mass is 28.3. The molecule has 0 aromatic carbocycles. The predicted molar refractivity (Wildman–Crippen MR) is 36.3 cm³/mol. The molecule has 0 radical (unpaired) electrons. The van der Waals surface area contributed by atoms with Crippen molar-refractivity contribution in [3.63, 3.8) is 0 Å². The van der Waals surface area contributed by atoms with Crippen molar-refractivity contribution in [1.29, 1.82) is 0 Å². The van der Waals surface area contributed by atoms with Crippen LogP contribution in [0.5, 0.6) is 0 Å². The topological polar surface area (TPSA) is 21.3 Å². The molecule has 0 aromatic rings. The quantitative estimate of drug-likeness (QED) is 0.479. The Kier molecular flexibility index (Phi) is 1.70. The van der Waals surface area contributed by atoms with Crippen molar-refractivity contribution in [2.75, 3.05) is 19.4 Å². The molecule has 0 unspecified atom stereocenters. The summed E-state index contributed by atoms with van der Waals surface area (Å²) in [5.74, 6) is 0. The van der Waals surface area contributed by atoms with E-state index in [1.165, 1.54) is 0 Å². The molecule has 0 saturated carbocycles. The second-order valence-corrected chi connectivity index (χ2v) is 7.27. The summed E-state index contributed by atoms with van der Waals surface area (Å²) in [6.07, 6.45) is 0.979. The Bertz CT molecular complexity index is 76.5. The first-order chi connectivity index (χ1) is 3.71. The molecule has 3 heteroatoms. The first-order valence-electron chi connectivity index (χ1n) is 3.03. The van der Waals surface area contributed by atoms with E-state index in [4.69, 9.17) is 4.74 Å². The van der Waals surface area contributed by atoms with Crippen LogP contribution >= 0.6 is 0 Å². The highest BCUT2D eigenvalue weighted by molar-refractivity contribution is 6.75. The number of rotatable bonds is 0. The standard InChI is InChI=1S/C5H13NOSi/c1-8(2)5-7-4-3-6-8/h6H,3-5H2,1-2H3. The molecule has 1 N–H and O–H groups in total. The third kappa shape index (κ3) is 1.58. The zero-order chi connectivity index (χ0) is 6.04. The van der Waals surface area contributed by atoms with Crippen molar-refractivity contribution in [1.82, 2.24) is 4.98 Å². The van der Waals surface area contributed by atoms with Crippen LogP contribution in [-0.2, 0) is 4.74 Å².